The molecule has 1 fully saturated rings. The van der Waals surface area contributed by atoms with Gasteiger partial charge in [0.15, 0.2) is 11.0 Å². The van der Waals surface area contributed by atoms with Gasteiger partial charge in [0, 0.05) is 13.1 Å². The molecule has 0 radical (unpaired) electrons. The average molecular weight is 271 g/mol. The Hall–Kier alpha value is -1.56. The molecule has 1 aliphatic heterocycles. The molecule has 0 amide bonds. The summed E-state index contributed by atoms with van der Waals surface area (Å²) in [6.07, 6.45) is 1.37. The van der Waals surface area contributed by atoms with Gasteiger partial charge in [-0.05, 0) is 5.92 Å². The van der Waals surface area contributed by atoms with Crippen molar-refractivity contribution in [3.8, 4) is 0 Å². The second-order valence-electron chi connectivity index (χ2n) is 4.41. The first-order valence-corrected chi connectivity index (χ1v) is 6.01. The number of hydrogen-bond acceptors (Lipinski definition) is 6. The topological polar surface area (TPSA) is 81.3 Å². The van der Waals surface area contributed by atoms with Crippen molar-refractivity contribution >= 4 is 29.1 Å². The molecule has 2 atom stereocenters. The van der Waals surface area contributed by atoms with Crippen LogP contribution in [0, 0.1) is 11.8 Å². The lowest BCUT2D eigenvalue weighted by Crippen LogP contribution is -2.25. The molecule has 0 bridgehead atoms. The van der Waals surface area contributed by atoms with Gasteiger partial charge in [0.2, 0.25) is 0 Å². The van der Waals surface area contributed by atoms with Gasteiger partial charge < -0.3 is 15.4 Å². The monoisotopic (exact) mass is 270 g/mol. The number of nitrogens with two attached hydrogens (primary N) is 1. The largest absolute Gasteiger partial charge is 0.469 e. The van der Waals surface area contributed by atoms with E-state index in [-0.39, 0.29) is 23.0 Å². The number of hydrogen-bond donors (Lipinski definition) is 1. The molecule has 1 aromatic heterocycles. The predicted octanol–water partition coefficient (Wildman–Crippen LogP) is 0.957. The van der Waals surface area contributed by atoms with Crippen molar-refractivity contribution in [2.75, 3.05) is 30.8 Å². The standard InChI is InChI=1S/C11H15ClN4O2/c1-6-3-16(4-7(6)11(17)18-2)10-8(13)9(12)14-5-15-10/h5-7H,3-4,13H2,1-2H3. The van der Waals surface area contributed by atoms with Crippen LogP contribution in [-0.2, 0) is 9.53 Å². The SMILES string of the molecule is COC(=O)C1CN(c2ncnc(Cl)c2N)CC1C. The molecule has 7 heteroatoms. The molecular formula is C11H15ClN4O2. The molecule has 2 rings (SSSR count). The molecule has 0 spiro atoms. The first kappa shape index (κ1) is 12.9. The molecule has 2 heterocycles. The zero-order valence-corrected chi connectivity index (χ0v) is 11.0. The zero-order valence-electron chi connectivity index (χ0n) is 10.3. The van der Waals surface area contributed by atoms with Crippen LogP contribution in [0.1, 0.15) is 6.92 Å². The third kappa shape index (κ3) is 2.20. The molecule has 1 aromatic rings. The first-order chi connectivity index (χ1) is 8.54. The third-order valence-corrected chi connectivity index (χ3v) is 3.53. The second kappa shape index (κ2) is 4.97. The summed E-state index contributed by atoms with van der Waals surface area (Å²) in [7, 11) is 1.40. The van der Waals surface area contributed by atoms with Gasteiger partial charge in [-0.15, -0.1) is 0 Å². The van der Waals surface area contributed by atoms with E-state index in [0.717, 1.165) is 0 Å². The molecule has 98 valence electrons. The van der Waals surface area contributed by atoms with E-state index in [0.29, 0.717) is 24.6 Å². The molecular weight excluding hydrogens is 256 g/mol. The molecule has 0 aromatic carbocycles. The number of carbonyl (C=O) groups is 1. The molecule has 0 saturated carbocycles. The highest BCUT2D eigenvalue weighted by Crippen LogP contribution is 2.32. The number of halogens is 1. The van der Waals surface area contributed by atoms with Gasteiger partial charge in [0.05, 0.1) is 13.0 Å². The second-order valence-corrected chi connectivity index (χ2v) is 4.77. The summed E-state index contributed by atoms with van der Waals surface area (Å²) in [6, 6.07) is 0. The lowest BCUT2D eigenvalue weighted by Gasteiger charge is -2.18. The Labute approximate surface area is 110 Å². The highest BCUT2D eigenvalue weighted by molar-refractivity contribution is 6.32. The molecule has 2 unspecified atom stereocenters. The van der Waals surface area contributed by atoms with Crippen LogP contribution in [0.25, 0.3) is 0 Å². The summed E-state index contributed by atoms with van der Waals surface area (Å²) in [5.41, 5.74) is 6.19. The summed E-state index contributed by atoms with van der Waals surface area (Å²) >= 11 is 5.86. The highest BCUT2D eigenvalue weighted by atomic mass is 35.5. The Balaban J connectivity index is 2.22. The minimum absolute atomic E-state index is 0.164. The van der Waals surface area contributed by atoms with E-state index in [9.17, 15) is 4.79 Å². The fourth-order valence-electron chi connectivity index (χ4n) is 2.22. The fraction of sp³-hybridized carbons (Fsp3) is 0.545. The minimum Gasteiger partial charge on any atom is -0.469 e. The number of aromatic nitrogens is 2. The van der Waals surface area contributed by atoms with E-state index in [1.54, 1.807) is 0 Å². The van der Waals surface area contributed by atoms with E-state index in [1.807, 2.05) is 11.8 Å². The van der Waals surface area contributed by atoms with Crippen LogP contribution in [0.15, 0.2) is 6.33 Å². The minimum atomic E-state index is -0.205. The fourth-order valence-corrected chi connectivity index (χ4v) is 2.34. The highest BCUT2D eigenvalue weighted by Gasteiger charge is 2.36. The maximum Gasteiger partial charge on any atom is 0.310 e. The summed E-state index contributed by atoms with van der Waals surface area (Å²) < 4.78 is 4.79. The van der Waals surface area contributed by atoms with Gasteiger partial charge in [-0.2, -0.15) is 0 Å². The van der Waals surface area contributed by atoms with Crippen LogP contribution in [-0.4, -0.2) is 36.1 Å². The van der Waals surface area contributed by atoms with Crippen molar-refractivity contribution in [3.05, 3.63) is 11.5 Å². The van der Waals surface area contributed by atoms with Gasteiger partial charge in [-0.3, -0.25) is 4.79 Å². The molecule has 18 heavy (non-hydrogen) atoms. The maximum absolute atomic E-state index is 11.6. The summed E-state index contributed by atoms with van der Waals surface area (Å²) in [6.45, 7) is 3.23. The molecule has 1 saturated heterocycles. The zero-order chi connectivity index (χ0) is 13.3. The number of nitrogens with zero attached hydrogens (tertiary/aromatic N) is 3. The number of rotatable bonds is 2. The predicted molar refractivity (Wildman–Crippen MR) is 68.3 cm³/mol. The average Bonchev–Trinajstić information content (AvgIpc) is 2.73. The van der Waals surface area contributed by atoms with Crippen LogP contribution in [0.5, 0.6) is 0 Å². The van der Waals surface area contributed by atoms with E-state index in [1.165, 1.54) is 13.4 Å². The summed E-state index contributed by atoms with van der Waals surface area (Å²) in [5.74, 6) is 0.394. The first-order valence-electron chi connectivity index (χ1n) is 5.63. The number of methoxy groups -OCH3 is 1. The van der Waals surface area contributed by atoms with Gasteiger partial charge >= 0.3 is 5.97 Å². The van der Waals surface area contributed by atoms with Crippen molar-refractivity contribution in [3.63, 3.8) is 0 Å². The van der Waals surface area contributed by atoms with Crippen molar-refractivity contribution in [1.82, 2.24) is 9.97 Å². The molecule has 0 aliphatic carbocycles. The van der Waals surface area contributed by atoms with E-state index >= 15 is 0 Å². The lowest BCUT2D eigenvalue weighted by molar-refractivity contribution is -0.145. The normalized spacial score (nSPS) is 23.2. The van der Waals surface area contributed by atoms with Gasteiger partial charge in [-0.1, -0.05) is 18.5 Å². The van der Waals surface area contributed by atoms with Crippen LogP contribution in [0.2, 0.25) is 5.15 Å². The van der Waals surface area contributed by atoms with Crippen molar-refractivity contribution < 1.29 is 9.53 Å². The molecule has 2 N–H and O–H groups in total. The number of esters is 1. The Bertz CT molecular complexity index is 468. The Kier molecular flexibility index (Phi) is 3.56. The van der Waals surface area contributed by atoms with E-state index in [2.05, 4.69) is 9.97 Å². The molecule has 1 aliphatic rings. The van der Waals surface area contributed by atoms with Gasteiger partial charge in [-0.25, -0.2) is 9.97 Å². The summed E-state index contributed by atoms with van der Waals surface area (Å²) in [4.78, 5) is 21.5. The van der Waals surface area contributed by atoms with Crippen molar-refractivity contribution in [1.29, 1.82) is 0 Å². The van der Waals surface area contributed by atoms with Crippen LogP contribution >= 0.6 is 11.6 Å². The summed E-state index contributed by atoms with van der Waals surface area (Å²) in [5, 5.41) is 0.231. The lowest BCUT2D eigenvalue weighted by atomic mass is 9.99. The third-order valence-electron chi connectivity index (χ3n) is 3.23. The molecule has 6 nitrogen and oxygen atoms in total. The smallest absolute Gasteiger partial charge is 0.310 e. The number of anilines is 2. The van der Waals surface area contributed by atoms with Crippen LogP contribution in [0.4, 0.5) is 11.5 Å². The number of ether oxygens (including phenoxy) is 1. The van der Waals surface area contributed by atoms with Crippen LogP contribution in [0.3, 0.4) is 0 Å². The van der Waals surface area contributed by atoms with E-state index in [4.69, 9.17) is 22.1 Å². The van der Waals surface area contributed by atoms with Crippen LogP contribution < -0.4 is 10.6 Å². The number of carbonyl (C=O) groups excluding carboxylic acids is 1. The number of nitrogen functional groups attached to an aromatic ring is 1. The van der Waals surface area contributed by atoms with Crippen molar-refractivity contribution in [2.45, 2.75) is 6.92 Å². The van der Waals surface area contributed by atoms with Gasteiger partial charge in [0.1, 0.15) is 12.0 Å². The van der Waals surface area contributed by atoms with E-state index < -0.39 is 0 Å². The Morgan fingerprint density at radius 3 is 2.94 bits per heavy atom. The quantitative estimate of drug-likeness (QED) is 0.637. The Morgan fingerprint density at radius 2 is 2.28 bits per heavy atom. The Morgan fingerprint density at radius 1 is 1.56 bits per heavy atom. The maximum atomic E-state index is 11.6. The van der Waals surface area contributed by atoms with Crippen molar-refractivity contribution in [2.24, 2.45) is 11.8 Å². The van der Waals surface area contributed by atoms with Gasteiger partial charge in [0.25, 0.3) is 0 Å².